The molecule has 1 rings (SSSR count). The fourth-order valence-electron chi connectivity index (χ4n) is 3.15. The number of benzene rings is 1. The molecular formula is C22H35N3O5S. The van der Waals surface area contributed by atoms with Gasteiger partial charge in [-0.2, -0.15) is 8.42 Å². The molecule has 0 aliphatic carbocycles. The van der Waals surface area contributed by atoms with Crippen LogP contribution in [0, 0.1) is 11.8 Å². The molecule has 3 N–H and O–H groups in total. The zero-order valence-electron chi connectivity index (χ0n) is 19.1. The summed E-state index contributed by atoms with van der Waals surface area (Å²) in [6.07, 6.45) is 1.01. The quantitative estimate of drug-likeness (QED) is 0.235. The molecule has 8 nitrogen and oxygen atoms in total. The first-order chi connectivity index (χ1) is 14.5. The van der Waals surface area contributed by atoms with E-state index in [1.807, 2.05) is 38.2 Å². The first-order valence-electron chi connectivity index (χ1n) is 10.2. The van der Waals surface area contributed by atoms with E-state index in [0.717, 1.165) is 12.2 Å². The van der Waals surface area contributed by atoms with Gasteiger partial charge >= 0.3 is 0 Å². The number of rotatable bonds is 13. The summed E-state index contributed by atoms with van der Waals surface area (Å²) in [4.78, 5) is 14.3. The lowest BCUT2D eigenvalue weighted by Gasteiger charge is -2.27. The fourth-order valence-corrected chi connectivity index (χ4v) is 4.14. The minimum Gasteiger partial charge on any atom is -0.497 e. The number of methoxy groups -OCH3 is 1. The second-order valence-electron chi connectivity index (χ2n) is 8.16. The average molecular weight is 454 g/mol. The van der Waals surface area contributed by atoms with Crippen molar-refractivity contribution in [3.8, 4) is 17.6 Å². The molecule has 0 aromatic heterocycles. The highest BCUT2D eigenvalue weighted by atomic mass is 32.2. The van der Waals surface area contributed by atoms with E-state index in [0.29, 0.717) is 19.6 Å². The predicted molar refractivity (Wildman–Crippen MR) is 123 cm³/mol. The van der Waals surface area contributed by atoms with Crippen molar-refractivity contribution in [1.29, 1.82) is 0 Å². The van der Waals surface area contributed by atoms with Crippen LogP contribution in [0.15, 0.2) is 24.3 Å². The van der Waals surface area contributed by atoms with Crippen LogP contribution in [0.5, 0.6) is 5.75 Å². The average Bonchev–Trinajstić information content (AvgIpc) is 2.66. The predicted octanol–water partition coefficient (Wildman–Crippen LogP) is 1.32. The van der Waals surface area contributed by atoms with Crippen molar-refractivity contribution in [2.75, 3.05) is 39.5 Å². The zero-order chi connectivity index (χ0) is 23.5. The zero-order valence-corrected chi connectivity index (χ0v) is 19.9. The van der Waals surface area contributed by atoms with Crippen molar-refractivity contribution in [1.82, 2.24) is 15.5 Å². The third-order valence-electron chi connectivity index (χ3n) is 4.69. The molecule has 1 aromatic carbocycles. The molecule has 174 valence electrons. The van der Waals surface area contributed by atoms with Crippen LogP contribution in [-0.4, -0.2) is 74.9 Å². The van der Waals surface area contributed by atoms with Crippen molar-refractivity contribution < 1.29 is 22.5 Å². The van der Waals surface area contributed by atoms with E-state index in [1.165, 1.54) is 5.56 Å². The number of hydrogen-bond donors (Lipinski definition) is 3. The number of hydrogen-bond acceptors (Lipinski definition) is 6. The summed E-state index contributed by atoms with van der Waals surface area (Å²) in [7, 11) is -0.514. The maximum atomic E-state index is 12.1. The van der Waals surface area contributed by atoms with Gasteiger partial charge in [-0.05, 0) is 51.9 Å². The molecular weight excluding hydrogens is 418 g/mol. The molecule has 0 aliphatic rings. The van der Waals surface area contributed by atoms with Crippen molar-refractivity contribution in [3.05, 3.63) is 29.8 Å². The SMILES string of the molecule is CC#CCN(C)[C@H](CNCCC(=O)NC(C)(C)CS(=O)(=O)O)Cc1ccc(OC)cc1. The van der Waals surface area contributed by atoms with Crippen LogP contribution in [0.2, 0.25) is 0 Å². The monoisotopic (exact) mass is 453 g/mol. The van der Waals surface area contributed by atoms with Crippen LogP contribution in [0.3, 0.4) is 0 Å². The number of carbonyl (C=O) groups excluding carboxylic acids is 1. The lowest BCUT2D eigenvalue weighted by atomic mass is 10.0. The van der Waals surface area contributed by atoms with Crippen LogP contribution in [0.25, 0.3) is 0 Å². The van der Waals surface area contributed by atoms with E-state index < -0.39 is 21.4 Å². The number of ether oxygens (including phenoxy) is 1. The van der Waals surface area contributed by atoms with Crippen LogP contribution in [0.4, 0.5) is 0 Å². The summed E-state index contributed by atoms with van der Waals surface area (Å²) < 4.78 is 36.3. The molecule has 1 amide bonds. The fraction of sp³-hybridized carbons (Fsp3) is 0.591. The van der Waals surface area contributed by atoms with Gasteiger partial charge in [0.15, 0.2) is 0 Å². The molecule has 0 saturated carbocycles. The highest BCUT2D eigenvalue weighted by Crippen LogP contribution is 2.14. The van der Waals surface area contributed by atoms with Gasteiger partial charge < -0.3 is 15.4 Å². The first-order valence-corrected chi connectivity index (χ1v) is 11.8. The molecule has 0 bridgehead atoms. The summed E-state index contributed by atoms with van der Waals surface area (Å²) in [5.74, 6) is 5.99. The van der Waals surface area contributed by atoms with E-state index in [4.69, 9.17) is 9.29 Å². The molecule has 0 aliphatic heterocycles. The number of carbonyl (C=O) groups is 1. The number of nitrogens with one attached hydrogen (secondary N) is 2. The van der Waals surface area contributed by atoms with E-state index in [2.05, 4.69) is 27.4 Å². The Labute approximate surface area is 186 Å². The highest BCUT2D eigenvalue weighted by Gasteiger charge is 2.26. The maximum Gasteiger partial charge on any atom is 0.267 e. The van der Waals surface area contributed by atoms with Gasteiger partial charge in [-0.1, -0.05) is 18.1 Å². The normalized spacial score (nSPS) is 12.7. The second kappa shape index (κ2) is 12.7. The first kappa shape index (κ1) is 26.9. The van der Waals surface area contributed by atoms with Crippen LogP contribution < -0.4 is 15.4 Å². The number of amides is 1. The van der Waals surface area contributed by atoms with Gasteiger partial charge in [0.1, 0.15) is 5.75 Å². The standard InChI is InChI=1S/C22H35N3O5S/c1-6-7-14-25(4)19(15-18-8-10-20(30-5)11-9-18)16-23-13-12-21(26)24-22(2,3)17-31(27,28)29/h8-11,19,23H,12-17H2,1-5H3,(H,24,26)(H,27,28,29)/t19-/m0/s1. The Kier molecular flexibility index (Phi) is 11.0. The molecule has 1 atom stereocenters. The Hall–Kier alpha value is -2.12. The van der Waals surface area contributed by atoms with Gasteiger partial charge in [0.25, 0.3) is 10.1 Å². The smallest absolute Gasteiger partial charge is 0.267 e. The molecule has 0 spiro atoms. The van der Waals surface area contributed by atoms with Gasteiger partial charge in [0.05, 0.1) is 24.9 Å². The Morgan fingerprint density at radius 3 is 2.48 bits per heavy atom. The molecule has 0 fully saturated rings. The van der Waals surface area contributed by atoms with Crippen molar-refractivity contribution in [2.45, 2.75) is 45.2 Å². The van der Waals surface area contributed by atoms with E-state index in [-0.39, 0.29) is 18.4 Å². The highest BCUT2D eigenvalue weighted by molar-refractivity contribution is 7.85. The number of likely N-dealkylation sites (N-methyl/N-ethyl adjacent to an activating group) is 1. The summed E-state index contributed by atoms with van der Waals surface area (Å²) in [5.41, 5.74) is 0.134. The largest absolute Gasteiger partial charge is 0.497 e. The van der Waals surface area contributed by atoms with Crippen LogP contribution >= 0.6 is 0 Å². The Morgan fingerprint density at radius 2 is 1.94 bits per heavy atom. The van der Waals surface area contributed by atoms with Gasteiger partial charge in [0.2, 0.25) is 5.91 Å². The Balaban J connectivity index is 2.59. The molecule has 0 saturated heterocycles. The summed E-state index contributed by atoms with van der Waals surface area (Å²) in [5, 5.41) is 5.95. The van der Waals surface area contributed by atoms with E-state index >= 15 is 0 Å². The topological polar surface area (TPSA) is 108 Å². The molecule has 9 heteroatoms. The molecule has 0 radical (unpaired) electrons. The minimum atomic E-state index is -4.17. The van der Waals surface area contributed by atoms with Crippen molar-refractivity contribution in [2.24, 2.45) is 0 Å². The molecule has 1 aromatic rings. The Bertz CT molecular complexity index is 857. The molecule has 31 heavy (non-hydrogen) atoms. The van der Waals surface area contributed by atoms with Gasteiger partial charge in [-0.25, -0.2) is 0 Å². The van der Waals surface area contributed by atoms with E-state index in [1.54, 1.807) is 21.0 Å². The van der Waals surface area contributed by atoms with Gasteiger partial charge in [-0.3, -0.25) is 14.2 Å². The van der Waals surface area contributed by atoms with Crippen molar-refractivity contribution in [3.63, 3.8) is 0 Å². The second-order valence-corrected chi connectivity index (χ2v) is 9.61. The lowest BCUT2D eigenvalue weighted by molar-refractivity contribution is -0.122. The van der Waals surface area contributed by atoms with Gasteiger partial charge in [-0.15, -0.1) is 5.92 Å². The minimum absolute atomic E-state index is 0.174. The molecule has 0 unspecified atom stereocenters. The molecule has 0 heterocycles. The Morgan fingerprint density at radius 1 is 1.29 bits per heavy atom. The van der Waals surface area contributed by atoms with Crippen LogP contribution in [-0.2, 0) is 21.3 Å². The summed E-state index contributed by atoms with van der Waals surface area (Å²) >= 11 is 0. The number of nitrogens with zero attached hydrogens (tertiary/aromatic N) is 1. The van der Waals surface area contributed by atoms with Crippen molar-refractivity contribution >= 4 is 16.0 Å². The third kappa shape index (κ3) is 11.7. The summed E-state index contributed by atoms with van der Waals surface area (Å²) in [6.45, 7) is 6.67. The van der Waals surface area contributed by atoms with Gasteiger partial charge in [0, 0.05) is 25.6 Å². The maximum absolute atomic E-state index is 12.1. The van der Waals surface area contributed by atoms with Crippen LogP contribution in [0.1, 0.15) is 32.8 Å². The van der Waals surface area contributed by atoms with E-state index in [9.17, 15) is 13.2 Å². The lowest BCUT2D eigenvalue weighted by Crippen LogP contribution is -2.49. The third-order valence-corrected chi connectivity index (χ3v) is 5.78. The summed E-state index contributed by atoms with van der Waals surface area (Å²) in [6, 6.07) is 8.12.